The quantitative estimate of drug-likeness (QED) is 0.818. The molecule has 1 aromatic carbocycles. The van der Waals surface area contributed by atoms with Crippen LogP contribution in [0.15, 0.2) is 28.7 Å². The summed E-state index contributed by atoms with van der Waals surface area (Å²) < 4.78 is 23.9. The first-order chi connectivity index (χ1) is 9.80. The van der Waals surface area contributed by atoms with E-state index in [1.807, 2.05) is 31.2 Å². The lowest BCUT2D eigenvalue weighted by atomic mass is 9.99. The summed E-state index contributed by atoms with van der Waals surface area (Å²) in [5.74, 6) is 0.130. The first-order valence-corrected chi connectivity index (χ1v) is 9.64. The van der Waals surface area contributed by atoms with Gasteiger partial charge in [-0.1, -0.05) is 28.1 Å². The van der Waals surface area contributed by atoms with Crippen molar-refractivity contribution >= 4 is 31.7 Å². The van der Waals surface area contributed by atoms with E-state index in [0.29, 0.717) is 12.8 Å². The molecule has 21 heavy (non-hydrogen) atoms. The van der Waals surface area contributed by atoms with Gasteiger partial charge in [0, 0.05) is 17.4 Å². The maximum Gasteiger partial charge on any atom is 0.225 e. The smallest absolute Gasteiger partial charge is 0.225 e. The van der Waals surface area contributed by atoms with Gasteiger partial charge in [-0.25, -0.2) is 8.42 Å². The lowest BCUT2D eigenvalue weighted by molar-refractivity contribution is -0.136. The fourth-order valence-corrected chi connectivity index (χ4v) is 4.34. The normalized spacial score (nSPS) is 20.0. The molecule has 0 aromatic heterocycles. The Balaban J connectivity index is 2.03. The van der Waals surface area contributed by atoms with Crippen molar-refractivity contribution in [1.82, 2.24) is 4.90 Å². The van der Waals surface area contributed by atoms with Crippen LogP contribution in [0.4, 0.5) is 0 Å². The molecule has 4 nitrogen and oxygen atoms in total. The number of rotatable bonds is 3. The molecule has 1 heterocycles. The molecule has 0 radical (unpaired) electrons. The molecule has 0 bridgehead atoms. The van der Waals surface area contributed by atoms with Crippen LogP contribution in [0.2, 0.25) is 0 Å². The molecule has 0 saturated carbocycles. The molecular weight excluding hydrogens is 354 g/mol. The average molecular weight is 374 g/mol. The number of halogens is 1. The number of carbonyl (C=O) groups is 1. The van der Waals surface area contributed by atoms with E-state index in [1.165, 1.54) is 0 Å². The topological polar surface area (TPSA) is 54.5 Å². The molecule has 6 heteroatoms. The Bertz CT molecular complexity index is 598. The van der Waals surface area contributed by atoms with Gasteiger partial charge < -0.3 is 4.90 Å². The average Bonchev–Trinajstić information content (AvgIpc) is 2.46. The van der Waals surface area contributed by atoms with Crippen LogP contribution in [0.1, 0.15) is 31.4 Å². The van der Waals surface area contributed by atoms with Crippen molar-refractivity contribution in [1.29, 1.82) is 0 Å². The minimum atomic E-state index is -2.93. The van der Waals surface area contributed by atoms with Gasteiger partial charge in [-0.3, -0.25) is 4.79 Å². The number of amides is 1. The third-order valence-corrected chi connectivity index (χ3v) is 6.43. The molecule has 1 amide bonds. The third-order valence-electron chi connectivity index (χ3n) is 4.18. The molecule has 1 atom stereocenters. The monoisotopic (exact) mass is 373 g/mol. The van der Waals surface area contributed by atoms with Crippen LogP contribution >= 0.6 is 15.9 Å². The van der Waals surface area contributed by atoms with Crippen molar-refractivity contribution in [2.24, 2.45) is 5.92 Å². The molecule has 2 rings (SSSR count). The fourth-order valence-electron chi connectivity index (χ4n) is 2.58. The molecule has 1 aliphatic rings. The zero-order valence-electron chi connectivity index (χ0n) is 12.3. The van der Waals surface area contributed by atoms with Crippen molar-refractivity contribution in [2.45, 2.75) is 25.8 Å². The number of benzene rings is 1. The summed E-state index contributed by atoms with van der Waals surface area (Å²) in [7, 11) is -1.14. The van der Waals surface area contributed by atoms with Gasteiger partial charge in [-0.15, -0.1) is 0 Å². The van der Waals surface area contributed by atoms with Crippen LogP contribution in [-0.2, 0) is 14.6 Å². The maximum atomic E-state index is 12.5. The van der Waals surface area contributed by atoms with Gasteiger partial charge in [-0.05, 0) is 37.5 Å². The number of carbonyl (C=O) groups excluding carboxylic acids is 1. The molecule has 0 spiro atoms. The molecule has 116 valence electrons. The highest BCUT2D eigenvalue weighted by Crippen LogP contribution is 2.26. The molecule has 0 aliphatic carbocycles. The summed E-state index contributed by atoms with van der Waals surface area (Å²) >= 11 is 3.40. The van der Waals surface area contributed by atoms with Crippen molar-refractivity contribution in [3.63, 3.8) is 0 Å². The predicted octanol–water partition coefficient (Wildman–Crippen LogP) is 2.79. The molecule has 1 aromatic rings. The molecular formula is C15H20BrNO3S. The molecule has 1 saturated heterocycles. The van der Waals surface area contributed by atoms with Crippen LogP contribution in [0.3, 0.4) is 0 Å². The third kappa shape index (κ3) is 4.07. The largest absolute Gasteiger partial charge is 0.339 e. The predicted molar refractivity (Wildman–Crippen MR) is 86.7 cm³/mol. The van der Waals surface area contributed by atoms with Crippen LogP contribution in [-0.4, -0.2) is 37.8 Å². The van der Waals surface area contributed by atoms with E-state index in [0.717, 1.165) is 10.0 Å². The highest BCUT2D eigenvalue weighted by Gasteiger charge is 2.31. The SMILES string of the molecule is C[C@H](c1ccc(Br)cc1)N(C)C(=O)C1CCS(=O)(=O)CC1. The molecule has 1 fully saturated rings. The Morgan fingerprint density at radius 2 is 1.76 bits per heavy atom. The van der Waals surface area contributed by atoms with Crippen LogP contribution < -0.4 is 0 Å². The van der Waals surface area contributed by atoms with Gasteiger partial charge in [0.2, 0.25) is 5.91 Å². The second-order valence-corrected chi connectivity index (χ2v) is 8.82. The van der Waals surface area contributed by atoms with Gasteiger partial charge in [-0.2, -0.15) is 0 Å². The van der Waals surface area contributed by atoms with Gasteiger partial charge in [0.1, 0.15) is 9.84 Å². The van der Waals surface area contributed by atoms with E-state index in [1.54, 1.807) is 11.9 Å². The minimum absolute atomic E-state index is 0.0240. The van der Waals surface area contributed by atoms with Crippen molar-refractivity contribution < 1.29 is 13.2 Å². The van der Waals surface area contributed by atoms with Gasteiger partial charge in [0.15, 0.2) is 0 Å². The first-order valence-electron chi connectivity index (χ1n) is 7.03. The van der Waals surface area contributed by atoms with E-state index in [9.17, 15) is 13.2 Å². The Hall–Kier alpha value is -0.880. The van der Waals surface area contributed by atoms with E-state index >= 15 is 0 Å². The van der Waals surface area contributed by atoms with E-state index in [-0.39, 0.29) is 29.4 Å². The Kier molecular flexibility index (Phi) is 5.09. The summed E-state index contributed by atoms with van der Waals surface area (Å²) in [6.45, 7) is 1.99. The molecule has 1 aliphatic heterocycles. The Morgan fingerprint density at radius 3 is 2.29 bits per heavy atom. The summed E-state index contributed by atoms with van der Waals surface area (Å²) in [5, 5.41) is 0. The highest BCUT2D eigenvalue weighted by molar-refractivity contribution is 9.10. The zero-order valence-corrected chi connectivity index (χ0v) is 14.7. The molecule has 0 unspecified atom stereocenters. The van der Waals surface area contributed by atoms with E-state index in [4.69, 9.17) is 0 Å². The Morgan fingerprint density at radius 1 is 1.24 bits per heavy atom. The summed E-state index contributed by atoms with van der Waals surface area (Å²) in [6.07, 6.45) is 0.886. The van der Waals surface area contributed by atoms with Gasteiger partial charge in [0.25, 0.3) is 0 Å². The summed E-state index contributed by atoms with van der Waals surface area (Å²) in [6, 6.07) is 7.87. The van der Waals surface area contributed by atoms with Crippen LogP contribution in [0.5, 0.6) is 0 Å². The van der Waals surface area contributed by atoms with Gasteiger partial charge >= 0.3 is 0 Å². The maximum absolute atomic E-state index is 12.5. The zero-order chi connectivity index (χ0) is 15.6. The summed E-state index contributed by atoms with van der Waals surface area (Å²) in [4.78, 5) is 14.2. The standard InChI is InChI=1S/C15H20BrNO3S/c1-11(12-3-5-14(16)6-4-12)17(2)15(18)13-7-9-21(19,20)10-8-13/h3-6,11,13H,7-10H2,1-2H3/t11-/m1/s1. The van der Waals surface area contributed by atoms with Crippen molar-refractivity contribution in [3.8, 4) is 0 Å². The van der Waals surface area contributed by atoms with Crippen molar-refractivity contribution in [3.05, 3.63) is 34.3 Å². The minimum Gasteiger partial charge on any atom is -0.339 e. The van der Waals surface area contributed by atoms with Gasteiger partial charge in [0.05, 0.1) is 17.5 Å². The van der Waals surface area contributed by atoms with Crippen LogP contribution in [0.25, 0.3) is 0 Å². The van der Waals surface area contributed by atoms with Crippen LogP contribution in [0, 0.1) is 5.92 Å². The lowest BCUT2D eigenvalue weighted by Gasteiger charge is -2.31. The second kappa shape index (κ2) is 6.48. The number of hydrogen-bond acceptors (Lipinski definition) is 3. The lowest BCUT2D eigenvalue weighted by Crippen LogP contribution is -2.38. The summed E-state index contributed by atoms with van der Waals surface area (Å²) in [5.41, 5.74) is 1.07. The second-order valence-electron chi connectivity index (χ2n) is 5.60. The fraction of sp³-hybridized carbons (Fsp3) is 0.533. The first kappa shape index (κ1) is 16.5. The van der Waals surface area contributed by atoms with E-state index in [2.05, 4.69) is 15.9 Å². The highest BCUT2D eigenvalue weighted by atomic mass is 79.9. The molecule has 0 N–H and O–H groups in total. The Labute approximate surface area is 134 Å². The number of nitrogens with zero attached hydrogens (tertiary/aromatic N) is 1. The number of sulfone groups is 1. The number of hydrogen-bond donors (Lipinski definition) is 0. The van der Waals surface area contributed by atoms with Crippen molar-refractivity contribution in [2.75, 3.05) is 18.6 Å². The van der Waals surface area contributed by atoms with E-state index < -0.39 is 9.84 Å².